The van der Waals surface area contributed by atoms with Crippen molar-refractivity contribution in [2.75, 3.05) is 0 Å². The number of hydrogen-bond donors (Lipinski definition) is 2. The van der Waals surface area contributed by atoms with Gasteiger partial charge in [0, 0.05) is 40.3 Å². The fourth-order valence-corrected chi connectivity index (χ4v) is 3.28. The van der Waals surface area contributed by atoms with Crippen LogP contribution in [0.3, 0.4) is 0 Å². The second-order valence-electron chi connectivity index (χ2n) is 6.70. The van der Waals surface area contributed by atoms with Crippen molar-refractivity contribution in [1.29, 1.82) is 0 Å². The van der Waals surface area contributed by atoms with Gasteiger partial charge in [-0.3, -0.25) is 9.78 Å². The molecule has 0 saturated carbocycles. The van der Waals surface area contributed by atoms with Crippen LogP contribution >= 0.6 is 0 Å². The molecule has 9 heteroatoms. The first-order valence-corrected chi connectivity index (χ1v) is 8.90. The molecule has 0 fully saturated rings. The minimum Gasteiger partial charge on any atom is -0.344 e. The lowest BCUT2D eigenvalue weighted by molar-refractivity contribution is 0.492. The van der Waals surface area contributed by atoms with Gasteiger partial charge >= 0.3 is 0 Å². The van der Waals surface area contributed by atoms with E-state index in [0.29, 0.717) is 16.9 Å². The standard InChI is InChI=1S/C20H15F2N7/c1-11-14(7-25-28-11)17-8-24-20-19(27-17)15(6-23-20)13-5-26-29(10-13)9-12-3-2-4-16(21)18(12)22/h2-8,10H,9H2,1H3,(H,23,24)(H,25,28). The molecule has 4 heterocycles. The highest BCUT2D eigenvalue weighted by Gasteiger charge is 2.15. The lowest BCUT2D eigenvalue weighted by Gasteiger charge is -2.04. The highest BCUT2D eigenvalue weighted by Crippen LogP contribution is 2.28. The second kappa shape index (κ2) is 6.62. The summed E-state index contributed by atoms with van der Waals surface area (Å²) in [6.07, 6.45) is 8.64. The Hall–Kier alpha value is -3.88. The molecule has 7 nitrogen and oxygen atoms in total. The van der Waals surface area contributed by atoms with E-state index in [9.17, 15) is 8.78 Å². The Kier molecular flexibility index (Phi) is 3.94. The zero-order chi connectivity index (χ0) is 20.0. The fraction of sp³-hybridized carbons (Fsp3) is 0.100. The quantitative estimate of drug-likeness (QED) is 0.487. The summed E-state index contributed by atoms with van der Waals surface area (Å²) in [6.45, 7) is 2.04. The summed E-state index contributed by atoms with van der Waals surface area (Å²) in [5.41, 5.74) is 5.68. The molecular weight excluding hydrogens is 376 g/mol. The summed E-state index contributed by atoms with van der Waals surface area (Å²) in [5.74, 6) is -1.73. The monoisotopic (exact) mass is 391 g/mol. The van der Waals surface area contributed by atoms with Gasteiger partial charge in [0.1, 0.15) is 5.52 Å². The molecule has 0 saturated heterocycles. The highest BCUT2D eigenvalue weighted by atomic mass is 19.2. The molecule has 5 rings (SSSR count). The van der Waals surface area contributed by atoms with Gasteiger partial charge in [-0.2, -0.15) is 10.2 Å². The van der Waals surface area contributed by atoms with E-state index in [1.54, 1.807) is 35.7 Å². The Balaban J connectivity index is 1.51. The van der Waals surface area contributed by atoms with Crippen LogP contribution in [-0.2, 0) is 6.54 Å². The number of hydrogen-bond acceptors (Lipinski definition) is 4. The number of aromatic amines is 2. The first-order chi connectivity index (χ1) is 14.1. The number of rotatable bonds is 4. The molecule has 0 unspecified atom stereocenters. The summed E-state index contributed by atoms with van der Waals surface area (Å²) in [7, 11) is 0. The Labute approximate surface area is 163 Å². The van der Waals surface area contributed by atoms with Gasteiger partial charge in [0.2, 0.25) is 0 Å². The number of aryl methyl sites for hydroxylation is 1. The van der Waals surface area contributed by atoms with Crippen LogP contribution in [0, 0.1) is 18.6 Å². The highest BCUT2D eigenvalue weighted by molar-refractivity contribution is 5.91. The number of halogens is 2. The van der Waals surface area contributed by atoms with Crippen LogP contribution < -0.4 is 0 Å². The van der Waals surface area contributed by atoms with Crippen molar-refractivity contribution >= 4 is 11.2 Å². The number of aromatic nitrogens is 7. The Morgan fingerprint density at radius 3 is 2.83 bits per heavy atom. The van der Waals surface area contributed by atoms with Gasteiger partial charge in [0.15, 0.2) is 17.3 Å². The van der Waals surface area contributed by atoms with Crippen LogP contribution in [-0.4, -0.2) is 34.9 Å². The number of H-pyrrole nitrogens is 2. The van der Waals surface area contributed by atoms with Gasteiger partial charge in [-0.15, -0.1) is 0 Å². The van der Waals surface area contributed by atoms with Crippen molar-refractivity contribution in [2.24, 2.45) is 0 Å². The maximum absolute atomic E-state index is 13.9. The van der Waals surface area contributed by atoms with E-state index in [2.05, 4.69) is 25.3 Å². The Morgan fingerprint density at radius 1 is 1.10 bits per heavy atom. The van der Waals surface area contributed by atoms with E-state index < -0.39 is 11.6 Å². The molecule has 0 amide bonds. The van der Waals surface area contributed by atoms with Crippen LogP contribution in [0.25, 0.3) is 33.5 Å². The number of fused-ring (bicyclic) bond motifs is 1. The van der Waals surface area contributed by atoms with E-state index in [1.807, 2.05) is 6.92 Å². The average molecular weight is 391 g/mol. The molecule has 5 aromatic rings. The van der Waals surface area contributed by atoms with Gasteiger partial charge in [0.05, 0.1) is 30.8 Å². The fourth-order valence-electron chi connectivity index (χ4n) is 3.28. The maximum Gasteiger partial charge on any atom is 0.163 e. The lowest BCUT2D eigenvalue weighted by Crippen LogP contribution is -2.03. The first-order valence-electron chi connectivity index (χ1n) is 8.90. The summed E-state index contributed by atoms with van der Waals surface area (Å²) >= 11 is 0. The van der Waals surface area contributed by atoms with Crippen molar-refractivity contribution in [3.8, 4) is 22.4 Å². The number of nitrogens with zero attached hydrogens (tertiary/aromatic N) is 5. The third kappa shape index (κ3) is 2.96. The van der Waals surface area contributed by atoms with Crippen molar-refractivity contribution in [2.45, 2.75) is 13.5 Å². The molecule has 2 N–H and O–H groups in total. The smallest absolute Gasteiger partial charge is 0.163 e. The maximum atomic E-state index is 13.9. The van der Waals surface area contributed by atoms with Crippen LogP contribution in [0.1, 0.15) is 11.3 Å². The van der Waals surface area contributed by atoms with Gasteiger partial charge in [0.25, 0.3) is 0 Å². The molecule has 0 spiro atoms. The molecule has 1 aromatic carbocycles. The molecule has 0 aliphatic carbocycles. The zero-order valence-electron chi connectivity index (χ0n) is 15.3. The van der Waals surface area contributed by atoms with E-state index in [1.165, 1.54) is 12.1 Å². The Bertz CT molecular complexity index is 1330. The van der Waals surface area contributed by atoms with Crippen LogP contribution in [0.15, 0.2) is 49.2 Å². The van der Waals surface area contributed by atoms with E-state index >= 15 is 0 Å². The van der Waals surface area contributed by atoms with Crippen LogP contribution in [0.2, 0.25) is 0 Å². The third-order valence-corrected chi connectivity index (χ3v) is 4.79. The summed E-state index contributed by atoms with van der Waals surface area (Å²) in [5, 5.41) is 11.2. The Morgan fingerprint density at radius 2 is 2.00 bits per heavy atom. The van der Waals surface area contributed by atoms with Crippen molar-refractivity contribution in [1.82, 2.24) is 34.9 Å². The molecular formula is C20H15F2N7. The van der Waals surface area contributed by atoms with E-state index in [0.717, 1.165) is 28.5 Å². The normalized spacial score (nSPS) is 11.4. The number of nitrogens with one attached hydrogen (secondary N) is 2. The largest absolute Gasteiger partial charge is 0.344 e. The van der Waals surface area contributed by atoms with Gasteiger partial charge < -0.3 is 4.98 Å². The zero-order valence-corrected chi connectivity index (χ0v) is 15.3. The molecule has 0 atom stereocenters. The van der Waals surface area contributed by atoms with Crippen molar-refractivity contribution < 1.29 is 8.78 Å². The molecule has 29 heavy (non-hydrogen) atoms. The van der Waals surface area contributed by atoms with Gasteiger partial charge in [-0.05, 0) is 13.0 Å². The molecule has 0 bridgehead atoms. The van der Waals surface area contributed by atoms with Crippen molar-refractivity contribution in [3.05, 3.63) is 72.1 Å². The summed E-state index contributed by atoms with van der Waals surface area (Å²) in [6, 6.07) is 4.11. The van der Waals surface area contributed by atoms with Gasteiger partial charge in [-0.1, -0.05) is 12.1 Å². The molecule has 4 aromatic heterocycles. The predicted octanol–water partition coefficient (Wildman–Crippen LogP) is 3.85. The van der Waals surface area contributed by atoms with Crippen LogP contribution in [0.4, 0.5) is 8.78 Å². The lowest BCUT2D eigenvalue weighted by atomic mass is 10.1. The van der Waals surface area contributed by atoms with Gasteiger partial charge in [-0.25, -0.2) is 18.7 Å². The van der Waals surface area contributed by atoms with E-state index in [-0.39, 0.29) is 12.1 Å². The third-order valence-electron chi connectivity index (χ3n) is 4.79. The topological polar surface area (TPSA) is 88.1 Å². The SMILES string of the molecule is Cc1[nH]ncc1-c1cnc2[nH]cc(-c3cnn(Cc4cccc(F)c4F)c3)c2n1. The molecule has 0 aliphatic rings. The molecule has 144 valence electrons. The summed E-state index contributed by atoms with van der Waals surface area (Å²) < 4.78 is 28.9. The molecule has 0 radical (unpaired) electrons. The predicted molar refractivity (Wildman–Crippen MR) is 103 cm³/mol. The average Bonchev–Trinajstić information content (AvgIpc) is 3.44. The van der Waals surface area contributed by atoms with Crippen LogP contribution in [0.5, 0.6) is 0 Å². The molecule has 0 aliphatic heterocycles. The minimum atomic E-state index is -0.871. The second-order valence-corrected chi connectivity index (χ2v) is 6.70. The minimum absolute atomic E-state index is 0.122. The van der Waals surface area contributed by atoms with Crippen molar-refractivity contribution in [3.63, 3.8) is 0 Å². The summed E-state index contributed by atoms with van der Waals surface area (Å²) in [4.78, 5) is 12.3. The van der Waals surface area contributed by atoms with E-state index in [4.69, 9.17) is 4.98 Å². The number of benzene rings is 1. The first kappa shape index (κ1) is 17.2.